The van der Waals surface area contributed by atoms with Crippen LogP contribution in [0.3, 0.4) is 0 Å². The Hall–Kier alpha value is -1.48. The predicted molar refractivity (Wildman–Crippen MR) is 58.3 cm³/mol. The van der Waals surface area contributed by atoms with Gasteiger partial charge >= 0.3 is 5.69 Å². The molecule has 0 aliphatic heterocycles. The molecule has 0 saturated carbocycles. The van der Waals surface area contributed by atoms with E-state index in [1.54, 1.807) is 0 Å². The summed E-state index contributed by atoms with van der Waals surface area (Å²) in [5.74, 6) is 3.02. The molecule has 0 saturated heterocycles. The van der Waals surface area contributed by atoms with E-state index in [9.17, 15) is 18.9 Å². The lowest BCUT2D eigenvalue weighted by Gasteiger charge is -1.96. The lowest BCUT2D eigenvalue weighted by Crippen LogP contribution is -1.96. The quantitative estimate of drug-likeness (QED) is 0.364. The minimum atomic E-state index is -1.09. The molecule has 1 rings (SSSR count). The van der Waals surface area contributed by atoms with E-state index in [1.165, 1.54) is 0 Å². The molecule has 84 valence electrons. The molecule has 0 spiro atoms. The van der Waals surface area contributed by atoms with Gasteiger partial charge in [-0.2, -0.15) is 4.39 Å². The number of hydrogen-bond donors (Lipinski definition) is 0. The molecule has 0 aromatic heterocycles. The van der Waals surface area contributed by atoms with E-state index in [2.05, 4.69) is 27.8 Å². The molecule has 16 heavy (non-hydrogen) atoms. The van der Waals surface area contributed by atoms with Crippen molar-refractivity contribution in [3.63, 3.8) is 0 Å². The van der Waals surface area contributed by atoms with Gasteiger partial charge in [-0.15, -0.1) is 0 Å². The Labute approximate surface area is 98.7 Å². The van der Waals surface area contributed by atoms with Crippen LogP contribution in [0, 0.1) is 33.6 Å². The average Bonchev–Trinajstić information content (AvgIpc) is 2.22. The first-order chi connectivity index (χ1) is 7.56. The van der Waals surface area contributed by atoms with Crippen molar-refractivity contribution in [1.29, 1.82) is 0 Å². The van der Waals surface area contributed by atoms with Gasteiger partial charge in [0.1, 0.15) is 5.82 Å². The van der Waals surface area contributed by atoms with Crippen molar-refractivity contribution >= 4 is 21.6 Å². The molecule has 0 bridgehead atoms. The second-order valence-electron chi connectivity index (χ2n) is 2.78. The minimum Gasteiger partial charge on any atom is -0.258 e. The highest BCUT2D eigenvalue weighted by Crippen LogP contribution is 2.20. The highest BCUT2D eigenvalue weighted by molar-refractivity contribution is 9.09. The Morgan fingerprint density at radius 2 is 2.06 bits per heavy atom. The molecular weight excluding hydrogens is 284 g/mol. The van der Waals surface area contributed by atoms with Crippen molar-refractivity contribution in [3.05, 3.63) is 39.4 Å². The van der Waals surface area contributed by atoms with E-state index in [0.29, 0.717) is 17.8 Å². The van der Waals surface area contributed by atoms with Crippen LogP contribution in [0.2, 0.25) is 0 Å². The summed E-state index contributed by atoms with van der Waals surface area (Å²) in [5.41, 5.74) is -1.06. The minimum absolute atomic E-state index is 0.177. The van der Waals surface area contributed by atoms with E-state index < -0.39 is 22.2 Å². The number of benzene rings is 1. The van der Waals surface area contributed by atoms with Gasteiger partial charge in [0.15, 0.2) is 0 Å². The van der Waals surface area contributed by atoms with Gasteiger partial charge in [0, 0.05) is 11.8 Å². The second kappa shape index (κ2) is 5.56. The number of alkyl halides is 1. The third kappa shape index (κ3) is 3.00. The lowest BCUT2D eigenvalue weighted by molar-refractivity contribution is -0.387. The maximum atomic E-state index is 13.2. The number of halogens is 3. The van der Waals surface area contributed by atoms with Crippen molar-refractivity contribution in [2.24, 2.45) is 0 Å². The first-order valence-corrected chi connectivity index (χ1v) is 5.36. The number of nitro benzene ring substituents is 1. The third-order valence-electron chi connectivity index (χ3n) is 1.68. The molecule has 6 heteroatoms. The smallest absolute Gasteiger partial charge is 0.258 e. The van der Waals surface area contributed by atoms with Gasteiger partial charge in [-0.05, 0) is 6.07 Å². The fourth-order valence-electron chi connectivity index (χ4n) is 0.977. The lowest BCUT2D eigenvalue weighted by atomic mass is 10.2. The fraction of sp³-hybridized carbons (Fsp3) is 0.200. The summed E-state index contributed by atoms with van der Waals surface area (Å²) in [4.78, 5) is 9.32. The molecule has 1 aromatic carbocycles. The molecule has 0 radical (unpaired) electrons. The summed E-state index contributed by atoms with van der Waals surface area (Å²) >= 11 is 3.13. The van der Waals surface area contributed by atoms with Crippen LogP contribution in [0.1, 0.15) is 12.0 Å². The van der Waals surface area contributed by atoms with E-state index in [4.69, 9.17) is 0 Å². The Balaban J connectivity index is 3.12. The Morgan fingerprint density at radius 3 is 2.62 bits per heavy atom. The van der Waals surface area contributed by atoms with Gasteiger partial charge in [-0.25, -0.2) is 4.39 Å². The topological polar surface area (TPSA) is 43.1 Å². The van der Waals surface area contributed by atoms with Crippen LogP contribution in [0.15, 0.2) is 12.1 Å². The number of hydrogen-bond acceptors (Lipinski definition) is 2. The van der Waals surface area contributed by atoms with Crippen molar-refractivity contribution in [2.75, 3.05) is 5.33 Å². The van der Waals surface area contributed by atoms with Gasteiger partial charge in [-0.1, -0.05) is 27.8 Å². The molecule has 0 unspecified atom stereocenters. The van der Waals surface area contributed by atoms with Crippen LogP contribution in [-0.2, 0) is 0 Å². The maximum absolute atomic E-state index is 13.2. The van der Waals surface area contributed by atoms with E-state index in [1.807, 2.05) is 0 Å². The molecular formula is C10H6BrF2NO2. The number of nitro groups is 1. The van der Waals surface area contributed by atoms with Crippen molar-refractivity contribution < 1.29 is 13.7 Å². The van der Waals surface area contributed by atoms with Crippen molar-refractivity contribution in [2.45, 2.75) is 6.42 Å². The van der Waals surface area contributed by atoms with E-state index in [-0.39, 0.29) is 5.56 Å². The molecule has 1 aromatic rings. The van der Waals surface area contributed by atoms with Crippen LogP contribution >= 0.6 is 15.9 Å². The van der Waals surface area contributed by atoms with Crippen LogP contribution in [0.5, 0.6) is 0 Å². The largest absolute Gasteiger partial charge is 0.307 e. The Bertz CT molecular complexity index is 480. The molecule has 3 nitrogen and oxygen atoms in total. The van der Waals surface area contributed by atoms with Crippen molar-refractivity contribution in [3.8, 4) is 11.8 Å². The van der Waals surface area contributed by atoms with Gasteiger partial charge in [-0.3, -0.25) is 10.1 Å². The highest BCUT2D eigenvalue weighted by Gasteiger charge is 2.17. The van der Waals surface area contributed by atoms with Gasteiger partial charge in [0.2, 0.25) is 5.82 Å². The SMILES string of the molecule is O=[N+]([O-])c1cc(F)c(C#CCCBr)cc1F. The Kier molecular flexibility index (Phi) is 4.38. The van der Waals surface area contributed by atoms with Gasteiger partial charge in [0.05, 0.1) is 16.6 Å². The summed E-state index contributed by atoms with van der Waals surface area (Å²) in [7, 11) is 0. The zero-order valence-corrected chi connectivity index (χ0v) is 9.55. The van der Waals surface area contributed by atoms with Gasteiger partial charge < -0.3 is 0 Å². The standard InChI is InChI=1S/C10H6BrF2NO2/c11-4-2-1-3-7-5-9(13)10(14(15)16)6-8(7)12/h5-6H,2,4H2. The summed E-state index contributed by atoms with van der Waals surface area (Å²) in [5, 5.41) is 10.9. The molecule has 0 aliphatic rings. The molecule has 0 N–H and O–H groups in total. The zero-order chi connectivity index (χ0) is 12.1. The van der Waals surface area contributed by atoms with E-state index >= 15 is 0 Å². The van der Waals surface area contributed by atoms with Crippen LogP contribution in [-0.4, -0.2) is 10.3 Å². The first kappa shape index (κ1) is 12.6. The van der Waals surface area contributed by atoms with Crippen molar-refractivity contribution in [1.82, 2.24) is 0 Å². The third-order valence-corrected chi connectivity index (χ3v) is 2.07. The average molecular weight is 290 g/mol. The van der Waals surface area contributed by atoms with E-state index in [0.717, 1.165) is 6.07 Å². The monoisotopic (exact) mass is 289 g/mol. The van der Waals surface area contributed by atoms with Crippen LogP contribution in [0.25, 0.3) is 0 Å². The fourth-order valence-corrected chi connectivity index (χ4v) is 1.18. The summed E-state index contributed by atoms with van der Waals surface area (Å²) in [6, 6.07) is 1.27. The molecule has 0 atom stereocenters. The number of nitrogens with zero attached hydrogens (tertiary/aromatic N) is 1. The predicted octanol–water partition coefficient (Wildman–Crippen LogP) is 3.01. The first-order valence-electron chi connectivity index (χ1n) is 4.24. The van der Waals surface area contributed by atoms with Crippen LogP contribution in [0.4, 0.5) is 14.5 Å². The zero-order valence-electron chi connectivity index (χ0n) is 7.97. The highest BCUT2D eigenvalue weighted by atomic mass is 79.9. The summed E-state index contributed by atoms with van der Waals surface area (Å²) in [6.45, 7) is 0. The molecule has 0 fully saturated rings. The normalized spacial score (nSPS) is 9.44. The van der Waals surface area contributed by atoms with Gasteiger partial charge in [0.25, 0.3) is 0 Å². The molecule has 0 amide bonds. The number of rotatable bonds is 2. The molecule has 0 heterocycles. The van der Waals surface area contributed by atoms with Crippen LogP contribution < -0.4 is 0 Å². The summed E-state index contributed by atoms with van der Waals surface area (Å²) < 4.78 is 26.3. The Morgan fingerprint density at radius 1 is 1.38 bits per heavy atom. The molecule has 0 aliphatic carbocycles. The maximum Gasteiger partial charge on any atom is 0.307 e. The summed E-state index contributed by atoms with van der Waals surface area (Å²) in [6.07, 6.45) is 0.484. The second-order valence-corrected chi connectivity index (χ2v) is 3.57.